The molecule has 0 radical (unpaired) electrons. The SMILES string of the molecule is COc1ccc(C(=O)NCCCCN(C)C)c(O)c1. The van der Waals surface area contributed by atoms with Gasteiger partial charge >= 0.3 is 0 Å². The summed E-state index contributed by atoms with van der Waals surface area (Å²) in [4.78, 5) is 13.9. The van der Waals surface area contributed by atoms with Gasteiger partial charge in [-0.05, 0) is 45.6 Å². The Morgan fingerprint density at radius 3 is 2.68 bits per heavy atom. The maximum Gasteiger partial charge on any atom is 0.255 e. The standard InChI is InChI=1S/C14H22N2O3/c1-16(2)9-5-4-8-15-14(18)12-7-6-11(19-3)10-13(12)17/h6-7,10,17H,4-5,8-9H2,1-3H3,(H,15,18). The van der Waals surface area contributed by atoms with Gasteiger partial charge < -0.3 is 20.1 Å². The van der Waals surface area contributed by atoms with E-state index in [2.05, 4.69) is 10.2 Å². The number of benzene rings is 1. The second-order valence-electron chi connectivity index (χ2n) is 4.65. The summed E-state index contributed by atoms with van der Waals surface area (Å²) in [7, 11) is 5.56. The van der Waals surface area contributed by atoms with Crippen molar-refractivity contribution in [2.24, 2.45) is 0 Å². The molecule has 1 aromatic rings. The number of unbranched alkanes of at least 4 members (excludes halogenated alkanes) is 1. The first kappa shape index (κ1) is 15.3. The highest BCUT2D eigenvalue weighted by Gasteiger charge is 2.11. The third-order valence-corrected chi connectivity index (χ3v) is 2.77. The van der Waals surface area contributed by atoms with Crippen LogP contribution < -0.4 is 10.1 Å². The zero-order valence-electron chi connectivity index (χ0n) is 11.8. The van der Waals surface area contributed by atoms with E-state index in [1.54, 1.807) is 12.1 Å². The molecule has 0 spiro atoms. The van der Waals surface area contributed by atoms with Gasteiger partial charge in [0.05, 0.1) is 12.7 Å². The largest absolute Gasteiger partial charge is 0.507 e. The highest BCUT2D eigenvalue weighted by molar-refractivity contribution is 5.96. The van der Waals surface area contributed by atoms with Gasteiger partial charge in [0.25, 0.3) is 5.91 Å². The molecule has 2 N–H and O–H groups in total. The number of hydrogen-bond donors (Lipinski definition) is 2. The molecule has 0 saturated heterocycles. The topological polar surface area (TPSA) is 61.8 Å². The Kier molecular flexibility index (Phi) is 6.15. The summed E-state index contributed by atoms with van der Waals surface area (Å²) in [5, 5.41) is 12.5. The number of carbonyl (C=O) groups excluding carboxylic acids is 1. The quantitative estimate of drug-likeness (QED) is 0.734. The van der Waals surface area contributed by atoms with E-state index in [4.69, 9.17) is 4.74 Å². The molecule has 1 rings (SSSR count). The lowest BCUT2D eigenvalue weighted by Crippen LogP contribution is -2.25. The molecule has 0 saturated carbocycles. The Morgan fingerprint density at radius 1 is 1.37 bits per heavy atom. The molecule has 0 aromatic heterocycles. The predicted octanol–water partition coefficient (Wildman–Crippen LogP) is 1.47. The first-order chi connectivity index (χ1) is 9.04. The number of ether oxygens (including phenoxy) is 1. The van der Waals surface area contributed by atoms with Gasteiger partial charge in [-0.3, -0.25) is 4.79 Å². The van der Waals surface area contributed by atoms with Crippen LogP contribution in [-0.2, 0) is 0 Å². The summed E-state index contributed by atoms with van der Waals surface area (Å²) in [5.74, 6) is 0.204. The van der Waals surface area contributed by atoms with Crippen molar-refractivity contribution in [2.45, 2.75) is 12.8 Å². The summed E-state index contributed by atoms with van der Waals surface area (Å²) in [6.45, 7) is 1.61. The first-order valence-electron chi connectivity index (χ1n) is 6.34. The average molecular weight is 266 g/mol. The molecule has 0 bridgehead atoms. The number of hydrogen-bond acceptors (Lipinski definition) is 4. The van der Waals surface area contributed by atoms with Gasteiger partial charge in [-0.1, -0.05) is 0 Å². The Bertz CT molecular complexity index is 419. The van der Waals surface area contributed by atoms with E-state index < -0.39 is 0 Å². The van der Waals surface area contributed by atoms with Crippen molar-refractivity contribution < 1.29 is 14.6 Å². The number of carbonyl (C=O) groups is 1. The molecule has 0 aliphatic heterocycles. The number of aromatic hydroxyl groups is 1. The lowest BCUT2D eigenvalue weighted by molar-refractivity contribution is 0.0950. The fourth-order valence-electron chi connectivity index (χ4n) is 1.68. The van der Waals surface area contributed by atoms with E-state index in [0.717, 1.165) is 19.4 Å². The summed E-state index contributed by atoms with van der Waals surface area (Å²) >= 11 is 0. The number of nitrogens with zero attached hydrogens (tertiary/aromatic N) is 1. The zero-order chi connectivity index (χ0) is 14.3. The van der Waals surface area contributed by atoms with Crippen molar-refractivity contribution >= 4 is 5.91 Å². The fourth-order valence-corrected chi connectivity index (χ4v) is 1.68. The second-order valence-corrected chi connectivity index (χ2v) is 4.65. The number of phenols is 1. The highest BCUT2D eigenvalue weighted by atomic mass is 16.5. The number of amides is 1. The van der Waals surface area contributed by atoms with Crippen LogP contribution in [0.3, 0.4) is 0 Å². The maximum atomic E-state index is 11.8. The molecule has 0 fully saturated rings. The zero-order valence-corrected chi connectivity index (χ0v) is 11.8. The van der Waals surface area contributed by atoms with Crippen molar-refractivity contribution in [2.75, 3.05) is 34.3 Å². The number of rotatable bonds is 7. The first-order valence-corrected chi connectivity index (χ1v) is 6.34. The molecule has 19 heavy (non-hydrogen) atoms. The van der Waals surface area contributed by atoms with E-state index in [1.165, 1.54) is 13.2 Å². The van der Waals surface area contributed by atoms with E-state index in [-0.39, 0.29) is 17.2 Å². The average Bonchev–Trinajstić information content (AvgIpc) is 2.37. The minimum Gasteiger partial charge on any atom is -0.507 e. The number of methoxy groups -OCH3 is 1. The molecule has 5 heteroatoms. The van der Waals surface area contributed by atoms with Crippen LogP contribution in [0.4, 0.5) is 0 Å². The van der Waals surface area contributed by atoms with E-state index in [0.29, 0.717) is 12.3 Å². The van der Waals surface area contributed by atoms with Crippen LogP contribution in [0.1, 0.15) is 23.2 Å². The molecule has 0 aliphatic rings. The van der Waals surface area contributed by atoms with Crippen LogP contribution >= 0.6 is 0 Å². The van der Waals surface area contributed by atoms with Crippen molar-refractivity contribution in [1.82, 2.24) is 10.2 Å². The van der Waals surface area contributed by atoms with Crippen LogP contribution in [0.2, 0.25) is 0 Å². The van der Waals surface area contributed by atoms with Crippen molar-refractivity contribution in [3.8, 4) is 11.5 Å². The van der Waals surface area contributed by atoms with Gasteiger partial charge in [0, 0.05) is 12.6 Å². The molecule has 1 aromatic carbocycles. The second kappa shape index (κ2) is 7.63. The monoisotopic (exact) mass is 266 g/mol. The maximum absolute atomic E-state index is 11.8. The van der Waals surface area contributed by atoms with Gasteiger partial charge in [0.15, 0.2) is 0 Å². The Hall–Kier alpha value is -1.75. The van der Waals surface area contributed by atoms with Crippen molar-refractivity contribution in [3.63, 3.8) is 0 Å². The predicted molar refractivity (Wildman–Crippen MR) is 74.8 cm³/mol. The van der Waals surface area contributed by atoms with E-state index in [9.17, 15) is 9.90 Å². The van der Waals surface area contributed by atoms with Gasteiger partial charge in [-0.25, -0.2) is 0 Å². The molecule has 0 aliphatic carbocycles. The highest BCUT2D eigenvalue weighted by Crippen LogP contribution is 2.23. The summed E-state index contributed by atoms with van der Waals surface area (Å²) in [6, 6.07) is 4.64. The van der Waals surface area contributed by atoms with Crippen LogP contribution in [0.25, 0.3) is 0 Å². The molecular formula is C14H22N2O3. The van der Waals surface area contributed by atoms with Gasteiger partial charge in [-0.2, -0.15) is 0 Å². The lowest BCUT2D eigenvalue weighted by atomic mass is 10.1. The van der Waals surface area contributed by atoms with Crippen LogP contribution in [0, 0.1) is 0 Å². The van der Waals surface area contributed by atoms with Crippen LogP contribution in [0.15, 0.2) is 18.2 Å². The molecule has 0 unspecified atom stereocenters. The van der Waals surface area contributed by atoms with E-state index >= 15 is 0 Å². The van der Waals surface area contributed by atoms with Crippen LogP contribution in [-0.4, -0.2) is 50.2 Å². The van der Waals surface area contributed by atoms with Gasteiger partial charge in [-0.15, -0.1) is 0 Å². The Labute approximate surface area is 114 Å². The smallest absolute Gasteiger partial charge is 0.255 e. The van der Waals surface area contributed by atoms with Crippen molar-refractivity contribution in [1.29, 1.82) is 0 Å². The Morgan fingerprint density at radius 2 is 2.11 bits per heavy atom. The van der Waals surface area contributed by atoms with Gasteiger partial charge in [0.1, 0.15) is 11.5 Å². The molecular weight excluding hydrogens is 244 g/mol. The van der Waals surface area contributed by atoms with E-state index in [1.807, 2.05) is 14.1 Å². The third kappa shape index (κ3) is 5.18. The molecule has 1 amide bonds. The number of nitrogens with one attached hydrogen (secondary N) is 1. The third-order valence-electron chi connectivity index (χ3n) is 2.77. The van der Waals surface area contributed by atoms with Crippen LogP contribution in [0.5, 0.6) is 11.5 Å². The Balaban J connectivity index is 2.41. The minimum absolute atomic E-state index is 0.0647. The number of phenolic OH excluding ortho intramolecular Hbond substituents is 1. The summed E-state index contributed by atoms with van der Waals surface area (Å²) in [5.41, 5.74) is 0.272. The van der Waals surface area contributed by atoms with Gasteiger partial charge in [0.2, 0.25) is 0 Å². The molecule has 5 nitrogen and oxygen atoms in total. The fraction of sp³-hybridized carbons (Fsp3) is 0.500. The molecule has 106 valence electrons. The van der Waals surface area contributed by atoms with Crippen molar-refractivity contribution in [3.05, 3.63) is 23.8 Å². The molecule has 0 heterocycles. The summed E-state index contributed by atoms with van der Waals surface area (Å²) in [6.07, 6.45) is 1.95. The summed E-state index contributed by atoms with van der Waals surface area (Å²) < 4.78 is 4.97. The lowest BCUT2D eigenvalue weighted by Gasteiger charge is -2.10. The molecule has 0 atom stereocenters. The normalized spacial score (nSPS) is 10.5. The minimum atomic E-state index is -0.259.